The maximum Gasteiger partial charge on any atom is 0.254 e. The SMILES string of the molecule is O=C(c1cccc(Cn2cccn2)c1)N1CCC[C@H]1c1cccnc1. The lowest BCUT2D eigenvalue weighted by Crippen LogP contribution is -2.30. The second-order valence-electron chi connectivity index (χ2n) is 6.35. The van der Waals surface area contributed by atoms with E-state index in [2.05, 4.69) is 16.1 Å². The number of pyridine rings is 1. The van der Waals surface area contributed by atoms with Gasteiger partial charge < -0.3 is 4.90 Å². The number of hydrogen-bond donors (Lipinski definition) is 0. The van der Waals surface area contributed by atoms with Crippen molar-refractivity contribution in [1.29, 1.82) is 0 Å². The molecule has 0 bridgehead atoms. The Morgan fingerprint density at radius 2 is 2.12 bits per heavy atom. The van der Waals surface area contributed by atoms with Crippen LogP contribution in [-0.2, 0) is 6.54 Å². The van der Waals surface area contributed by atoms with E-state index in [0.717, 1.165) is 36.1 Å². The van der Waals surface area contributed by atoms with Gasteiger partial charge in [-0.05, 0) is 48.2 Å². The van der Waals surface area contributed by atoms with Crippen LogP contribution in [0.15, 0.2) is 67.3 Å². The number of rotatable bonds is 4. The van der Waals surface area contributed by atoms with Gasteiger partial charge in [0.25, 0.3) is 5.91 Å². The fourth-order valence-corrected chi connectivity index (χ4v) is 3.48. The molecular formula is C20H20N4O. The average Bonchev–Trinajstić information content (AvgIpc) is 3.34. The lowest BCUT2D eigenvalue weighted by atomic mass is 10.1. The molecule has 1 amide bonds. The Morgan fingerprint density at radius 1 is 1.16 bits per heavy atom. The minimum Gasteiger partial charge on any atom is -0.332 e. The van der Waals surface area contributed by atoms with Crippen molar-refractivity contribution in [2.24, 2.45) is 0 Å². The molecule has 0 radical (unpaired) electrons. The first-order valence-corrected chi connectivity index (χ1v) is 8.58. The van der Waals surface area contributed by atoms with E-state index in [9.17, 15) is 4.79 Å². The lowest BCUT2D eigenvalue weighted by Gasteiger charge is -2.25. The minimum atomic E-state index is 0.0914. The van der Waals surface area contributed by atoms with Gasteiger partial charge in [0.1, 0.15) is 0 Å². The third-order valence-corrected chi connectivity index (χ3v) is 4.66. The average molecular weight is 332 g/mol. The van der Waals surface area contributed by atoms with Crippen molar-refractivity contribution in [2.45, 2.75) is 25.4 Å². The highest BCUT2D eigenvalue weighted by molar-refractivity contribution is 5.94. The van der Waals surface area contributed by atoms with Crippen LogP contribution in [0.4, 0.5) is 0 Å². The predicted octanol–water partition coefficient (Wildman–Crippen LogP) is 3.30. The monoisotopic (exact) mass is 332 g/mol. The molecule has 3 aromatic rings. The highest BCUT2D eigenvalue weighted by atomic mass is 16.2. The van der Waals surface area contributed by atoms with Crippen LogP contribution in [-0.4, -0.2) is 32.1 Å². The molecule has 0 spiro atoms. The van der Waals surface area contributed by atoms with Crippen LogP contribution in [0.2, 0.25) is 0 Å². The Hall–Kier alpha value is -2.95. The van der Waals surface area contributed by atoms with E-state index < -0.39 is 0 Å². The van der Waals surface area contributed by atoms with Gasteiger partial charge in [-0.25, -0.2) is 0 Å². The van der Waals surface area contributed by atoms with Crippen LogP contribution in [0, 0.1) is 0 Å². The van der Waals surface area contributed by atoms with Gasteiger partial charge in [0.2, 0.25) is 0 Å². The Labute approximate surface area is 146 Å². The number of benzene rings is 1. The van der Waals surface area contributed by atoms with Crippen LogP contribution in [0.1, 0.15) is 40.4 Å². The van der Waals surface area contributed by atoms with Gasteiger partial charge in [-0.15, -0.1) is 0 Å². The van der Waals surface area contributed by atoms with Gasteiger partial charge in [0.15, 0.2) is 0 Å². The molecular weight excluding hydrogens is 312 g/mol. The quantitative estimate of drug-likeness (QED) is 0.736. The zero-order valence-corrected chi connectivity index (χ0v) is 14.0. The summed E-state index contributed by atoms with van der Waals surface area (Å²) in [4.78, 5) is 19.2. The van der Waals surface area contributed by atoms with E-state index >= 15 is 0 Å². The van der Waals surface area contributed by atoms with Crippen molar-refractivity contribution in [3.63, 3.8) is 0 Å². The van der Waals surface area contributed by atoms with Crippen molar-refractivity contribution in [3.05, 3.63) is 83.9 Å². The standard InChI is InChI=1S/C20H20N4O/c25-20(24-12-3-8-19(24)18-7-2-9-21-14-18)17-6-1-5-16(13-17)15-23-11-4-10-22-23/h1-2,4-7,9-11,13-14,19H,3,8,12,15H2/t19-/m0/s1. The number of amides is 1. The van der Waals surface area contributed by atoms with Gasteiger partial charge in [0, 0.05) is 36.9 Å². The summed E-state index contributed by atoms with van der Waals surface area (Å²) in [6, 6.07) is 13.9. The van der Waals surface area contributed by atoms with Crippen LogP contribution in [0.5, 0.6) is 0 Å². The van der Waals surface area contributed by atoms with Crippen molar-refractivity contribution < 1.29 is 4.79 Å². The van der Waals surface area contributed by atoms with Gasteiger partial charge in [-0.1, -0.05) is 18.2 Å². The van der Waals surface area contributed by atoms with Crippen LogP contribution >= 0.6 is 0 Å². The summed E-state index contributed by atoms with van der Waals surface area (Å²) in [5, 5.41) is 4.23. The first-order valence-electron chi connectivity index (χ1n) is 8.58. The third kappa shape index (κ3) is 3.31. The Bertz CT molecular complexity index is 845. The first-order chi connectivity index (χ1) is 12.3. The normalized spacial score (nSPS) is 17.0. The summed E-state index contributed by atoms with van der Waals surface area (Å²) in [6.45, 7) is 1.46. The first kappa shape index (κ1) is 15.6. The van der Waals surface area contributed by atoms with E-state index in [1.54, 1.807) is 12.4 Å². The molecule has 0 N–H and O–H groups in total. The molecule has 0 aliphatic carbocycles. The van der Waals surface area contributed by atoms with Crippen molar-refractivity contribution in [3.8, 4) is 0 Å². The highest BCUT2D eigenvalue weighted by Gasteiger charge is 2.30. The number of aromatic nitrogens is 3. The van der Waals surface area contributed by atoms with Gasteiger partial charge >= 0.3 is 0 Å². The molecule has 0 unspecified atom stereocenters. The van der Waals surface area contributed by atoms with E-state index in [0.29, 0.717) is 6.54 Å². The fourth-order valence-electron chi connectivity index (χ4n) is 3.48. The molecule has 3 heterocycles. The zero-order valence-electron chi connectivity index (χ0n) is 14.0. The topological polar surface area (TPSA) is 51.0 Å². The van der Waals surface area contributed by atoms with E-state index in [-0.39, 0.29) is 11.9 Å². The molecule has 4 rings (SSSR count). The van der Waals surface area contributed by atoms with Crippen LogP contribution < -0.4 is 0 Å². The molecule has 1 aromatic carbocycles. The maximum atomic E-state index is 13.1. The molecule has 0 saturated carbocycles. The van der Waals surface area contributed by atoms with E-state index in [1.165, 1.54) is 0 Å². The number of likely N-dealkylation sites (tertiary alicyclic amines) is 1. The summed E-state index contributed by atoms with van der Waals surface area (Å²) in [7, 11) is 0. The van der Waals surface area contributed by atoms with Crippen LogP contribution in [0.3, 0.4) is 0 Å². The molecule has 126 valence electrons. The Morgan fingerprint density at radius 3 is 2.92 bits per heavy atom. The van der Waals surface area contributed by atoms with Gasteiger partial charge in [0.05, 0.1) is 12.6 Å². The molecule has 1 atom stereocenters. The summed E-state index contributed by atoms with van der Waals surface area (Å²) >= 11 is 0. The van der Waals surface area contributed by atoms with Gasteiger partial charge in [-0.3, -0.25) is 14.5 Å². The molecule has 2 aromatic heterocycles. The summed E-state index contributed by atoms with van der Waals surface area (Å²) in [6.07, 6.45) is 9.33. The zero-order chi connectivity index (χ0) is 17.1. The fraction of sp³-hybridized carbons (Fsp3) is 0.250. The molecule has 1 aliphatic rings. The maximum absolute atomic E-state index is 13.1. The van der Waals surface area contributed by atoms with Gasteiger partial charge in [-0.2, -0.15) is 5.10 Å². The molecule has 1 aliphatic heterocycles. The second kappa shape index (κ2) is 6.89. The smallest absolute Gasteiger partial charge is 0.254 e. The van der Waals surface area contributed by atoms with Crippen molar-refractivity contribution >= 4 is 5.91 Å². The molecule has 1 fully saturated rings. The number of nitrogens with zero attached hydrogens (tertiary/aromatic N) is 4. The minimum absolute atomic E-state index is 0.0914. The van der Waals surface area contributed by atoms with Crippen LogP contribution in [0.25, 0.3) is 0 Å². The Balaban J connectivity index is 1.56. The molecule has 25 heavy (non-hydrogen) atoms. The largest absolute Gasteiger partial charge is 0.332 e. The van der Waals surface area contributed by atoms with E-state index in [4.69, 9.17) is 0 Å². The van der Waals surface area contributed by atoms with E-state index in [1.807, 2.05) is 58.4 Å². The van der Waals surface area contributed by atoms with Crippen molar-refractivity contribution in [2.75, 3.05) is 6.54 Å². The molecule has 5 heteroatoms. The second-order valence-corrected chi connectivity index (χ2v) is 6.35. The highest BCUT2D eigenvalue weighted by Crippen LogP contribution is 2.32. The summed E-state index contributed by atoms with van der Waals surface area (Å²) < 4.78 is 1.86. The third-order valence-electron chi connectivity index (χ3n) is 4.66. The molecule has 1 saturated heterocycles. The summed E-state index contributed by atoms with van der Waals surface area (Å²) in [5.74, 6) is 0.0914. The number of carbonyl (C=O) groups excluding carboxylic acids is 1. The molecule has 5 nitrogen and oxygen atoms in total. The predicted molar refractivity (Wildman–Crippen MR) is 95.0 cm³/mol. The number of carbonyl (C=O) groups is 1. The number of hydrogen-bond acceptors (Lipinski definition) is 3. The lowest BCUT2D eigenvalue weighted by molar-refractivity contribution is 0.0735. The summed E-state index contributed by atoms with van der Waals surface area (Å²) in [5.41, 5.74) is 2.92. The van der Waals surface area contributed by atoms with Crippen molar-refractivity contribution in [1.82, 2.24) is 19.7 Å². The Kier molecular flexibility index (Phi) is 4.29.